The van der Waals surface area contributed by atoms with Gasteiger partial charge in [0.2, 0.25) is 0 Å². The first kappa shape index (κ1) is 15.3. The van der Waals surface area contributed by atoms with Crippen LogP contribution in [0.25, 0.3) is 0 Å². The first-order valence-corrected chi connectivity index (χ1v) is 7.45. The lowest BCUT2D eigenvalue weighted by Gasteiger charge is -2.07. The van der Waals surface area contributed by atoms with E-state index in [0.717, 1.165) is 0 Å². The molecule has 0 fully saturated rings. The molecule has 1 aromatic carbocycles. The molecule has 19 heavy (non-hydrogen) atoms. The second kappa shape index (κ2) is 6.44. The van der Waals surface area contributed by atoms with Crippen LogP contribution in [0.15, 0.2) is 18.2 Å². The Balaban J connectivity index is 3.27. The molecule has 0 saturated carbocycles. The second-order valence-electron chi connectivity index (χ2n) is 4.04. The van der Waals surface area contributed by atoms with Crippen LogP contribution in [0.2, 0.25) is 0 Å². The van der Waals surface area contributed by atoms with E-state index in [9.17, 15) is 14.9 Å². The van der Waals surface area contributed by atoms with E-state index in [0.29, 0.717) is 16.1 Å². The Morgan fingerprint density at radius 1 is 1.47 bits per heavy atom. The third-order valence-electron chi connectivity index (χ3n) is 2.54. The highest BCUT2D eigenvalue weighted by molar-refractivity contribution is 8.15. The van der Waals surface area contributed by atoms with Gasteiger partial charge in [0.05, 0.1) is 29.0 Å². The smallest absolute Gasteiger partial charge is 0.309 e. The van der Waals surface area contributed by atoms with E-state index >= 15 is 0 Å². The van der Waals surface area contributed by atoms with E-state index in [1.807, 2.05) is 12.5 Å². The minimum Gasteiger partial charge on any atom is -0.469 e. The summed E-state index contributed by atoms with van der Waals surface area (Å²) in [5, 5.41) is 11.1. The number of nitro groups is 1. The molecule has 0 aliphatic carbocycles. The first-order chi connectivity index (χ1) is 8.86. The average molecular weight is 284 g/mol. The van der Waals surface area contributed by atoms with Gasteiger partial charge in [-0.25, -0.2) is 0 Å². The Morgan fingerprint density at radius 2 is 2.11 bits per heavy atom. The molecule has 1 aromatic rings. The largest absolute Gasteiger partial charge is 0.469 e. The minimum atomic E-state index is -0.490. The molecule has 0 atom stereocenters. The molecule has 0 aliphatic heterocycles. The van der Waals surface area contributed by atoms with Gasteiger partial charge >= 0.3 is 5.97 Å². The summed E-state index contributed by atoms with van der Waals surface area (Å²) in [5.74, 6) is -0.440. The number of carbonyl (C=O) groups is 1. The summed E-state index contributed by atoms with van der Waals surface area (Å²) in [6.07, 6.45) is 3.78. The van der Waals surface area contributed by atoms with Crippen molar-refractivity contribution < 1.29 is 14.5 Å². The van der Waals surface area contributed by atoms with Crippen LogP contribution < -0.4 is 5.73 Å². The average Bonchev–Trinajstić information content (AvgIpc) is 2.37. The predicted octanol–water partition coefficient (Wildman–Crippen LogP) is 1.28. The maximum absolute atomic E-state index is 11.2. The third kappa shape index (κ3) is 3.87. The number of benzene rings is 1. The zero-order valence-electron chi connectivity index (χ0n) is 11.0. The van der Waals surface area contributed by atoms with Crippen molar-refractivity contribution in [2.24, 2.45) is 5.73 Å². The van der Waals surface area contributed by atoms with Crippen LogP contribution in [0, 0.1) is 10.1 Å². The summed E-state index contributed by atoms with van der Waals surface area (Å²) in [5.41, 5.74) is 6.74. The van der Waals surface area contributed by atoms with Gasteiger partial charge in [-0.05, 0) is 24.1 Å². The van der Waals surface area contributed by atoms with Gasteiger partial charge in [-0.2, -0.15) is 10.5 Å². The molecule has 1 rings (SSSR count). The van der Waals surface area contributed by atoms with Crippen LogP contribution in [0.4, 0.5) is 5.69 Å². The van der Waals surface area contributed by atoms with Crippen molar-refractivity contribution in [3.63, 3.8) is 0 Å². The Bertz CT molecular complexity index is 551. The summed E-state index contributed by atoms with van der Waals surface area (Å²) >= 11 is 0. The van der Waals surface area contributed by atoms with E-state index in [1.165, 1.54) is 13.2 Å². The van der Waals surface area contributed by atoms with Crippen molar-refractivity contribution in [2.45, 2.75) is 6.42 Å². The summed E-state index contributed by atoms with van der Waals surface area (Å²) < 4.78 is 4.53. The standard InChI is InChI=1S/C12H16N2O4S/c1-18-11(15)7-8-4-5-9(12(13)19(2)3)10(6-8)14(16)17/h4-6H,7,13H2,1-3H3. The van der Waals surface area contributed by atoms with Crippen LogP contribution in [0.3, 0.4) is 0 Å². The van der Waals surface area contributed by atoms with Crippen LogP contribution in [0.5, 0.6) is 0 Å². The number of ether oxygens (including phenoxy) is 1. The fraction of sp³-hybridized carbons (Fsp3) is 0.333. The van der Waals surface area contributed by atoms with Crippen LogP contribution >= 0.6 is 10.5 Å². The number of nitro benzene ring substituents is 1. The quantitative estimate of drug-likeness (QED) is 0.389. The number of hydrogen-bond donors (Lipinski definition) is 1. The summed E-state index contributed by atoms with van der Waals surface area (Å²) in [7, 11) is 1.02. The van der Waals surface area contributed by atoms with Crippen molar-refractivity contribution >= 4 is 27.1 Å². The van der Waals surface area contributed by atoms with Gasteiger partial charge in [0.25, 0.3) is 5.69 Å². The van der Waals surface area contributed by atoms with Crippen molar-refractivity contribution in [3.05, 3.63) is 39.4 Å². The number of methoxy groups -OCH3 is 1. The molecular weight excluding hydrogens is 268 g/mol. The highest BCUT2D eigenvalue weighted by Crippen LogP contribution is 2.23. The molecule has 0 aliphatic rings. The number of carbonyl (C=O) groups excluding carboxylic acids is 1. The lowest BCUT2D eigenvalue weighted by Crippen LogP contribution is -2.16. The Morgan fingerprint density at radius 3 is 2.58 bits per heavy atom. The van der Waals surface area contributed by atoms with Gasteiger partial charge < -0.3 is 4.74 Å². The van der Waals surface area contributed by atoms with Gasteiger partial charge in [-0.1, -0.05) is 6.07 Å². The molecule has 0 unspecified atom stereocenters. The molecule has 0 heterocycles. The maximum Gasteiger partial charge on any atom is 0.309 e. The molecule has 0 saturated heterocycles. The van der Waals surface area contributed by atoms with Crippen molar-refractivity contribution in [1.29, 1.82) is 0 Å². The maximum atomic E-state index is 11.2. The van der Waals surface area contributed by atoms with E-state index in [4.69, 9.17) is 5.73 Å². The molecule has 7 heteroatoms. The Hall–Kier alpha value is -1.73. The zero-order valence-corrected chi connectivity index (χ0v) is 11.8. The SMILES string of the molecule is COC(=O)Cc1ccc(C(N)=S(C)C)c([N+](=O)[O-])c1. The van der Waals surface area contributed by atoms with E-state index in [1.54, 1.807) is 12.1 Å². The highest BCUT2D eigenvalue weighted by atomic mass is 32.2. The van der Waals surface area contributed by atoms with Gasteiger partial charge in [-0.3, -0.25) is 20.6 Å². The molecule has 2 N–H and O–H groups in total. The first-order valence-electron chi connectivity index (χ1n) is 5.41. The highest BCUT2D eigenvalue weighted by Gasteiger charge is 2.18. The number of nitrogens with zero attached hydrogens (tertiary/aromatic N) is 1. The van der Waals surface area contributed by atoms with E-state index in [-0.39, 0.29) is 22.6 Å². The molecule has 0 aromatic heterocycles. The van der Waals surface area contributed by atoms with Gasteiger partial charge in [0.15, 0.2) is 0 Å². The molecule has 0 radical (unpaired) electrons. The molecule has 0 bridgehead atoms. The molecule has 6 nitrogen and oxygen atoms in total. The second-order valence-corrected chi connectivity index (χ2v) is 6.12. The monoisotopic (exact) mass is 284 g/mol. The van der Waals surface area contributed by atoms with Gasteiger partial charge in [0, 0.05) is 6.07 Å². The van der Waals surface area contributed by atoms with Crippen LogP contribution in [0.1, 0.15) is 11.1 Å². The summed E-state index contributed by atoms with van der Waals surface area (Å²) in [6, 6.07) is 4.60. The number of esters is 1. The fourth-order valence-electron chi connectivity index (χ4n) is 1.51. The zero-order chi connectivity index (χ0) is 14.6. The molecule has 104 valence electrons. The minimum absolute atomic E-state index is 0.00148. The lowest BCUT2D eigenvalue weighted by molar-refractivity contribution is -0.385. The van der Waals surface area contributed by atoms with Crippen LogP contribution in [-0.2, 0) is 16.0 Å². The van der Waals surface area contributed by atoms with E-state index < -0.39 is 10.9 Å². The summed E-state index contributed by atoms with van der Waals surface area (Å²) in [6.45, 7) is 0. The number of rotatable bonds is 4. The predicted molar refractivity (Wildman–Crippen MR) is 76.6 cm³/mol. The number of nitrogens with two attached hydrogens (primary N) is 1. The number of hydrogen-bond acceptors (Lipinski definition) is 4. The summed E-state index contributed by atoms with van der Waals surface area (Å²) in [4.78, 5) is 22.2. The lowest BCUT2D eigenvalue weighted by atomic mass is 10.1. The fourth-order valence-corrected chi connectivity index (χ4v) is 2.12. The molecule has 0 amide bonds. The normalized spacial score (nSPS) is 10.4. The van der Waals surface area contributed by atoms with Gasteiger partial charge in [0.1, 0.15) is 0 Å². The molecular formula is C12H16N2O4S. The Kier molecular flexibility index (Phi) is 5.20. The van der Waals surface area contributed by atoms with E-state index in [2.05, 4.69) is 4.74 Å². The molecule has 0 spiro atoms. The van der Waals surface area contributed by atoms with Gasteiger partial charge in [-0.15, -0.1) is 0 Å². The van der Waals surface area contributed by atoms with Crippen molar-refractivity contribution in [1.82, 2.24) is 0 Å². The van der Waals surface area contributed by atoms with Crippen molar-refractivity contribution in [3.8, 4) is 0 Å². The third-order valence-corrected chi connectivity index (χ3v) is 3.64. The Labute approximate surface area is 113 Å². The van der Waals surface area contributed by atoms with Crippen LogP contribution in [-0.4, -0.2) is 35.5 Å². The van der Waals surface area contributed by atoms with Crippen molar-refractivity contribution in [2.75, 3.05) is 19.6 Å². The topological polar surface area (TPSA) is 95.5 Å².